The number of hydrogen-bond donors (Lipinski definition) is 1. The summed E-state index contributed by atoms with van der Waals surface area (Å²) >= 11 is 0. The zero-order valence-corrected chi connectivity index (χ0v) is 9.02. The van der Waals surface area contributed by atoms with Gasteiger partial charge in [0.15, 0.2) is 0 Å². The lowest BCUT2D eigenvalue weighted by Gasteiger charge is -2.33. The van der Waals surface area contributed by atoms with Crippen LogP contribution in [-0.4, -0.2) is 0 Å². The van der Waals surface area contributed by atoms with Gasteiger partial charge < -0.3 is 0 Å². The molecule has 0 bridgehead atoms. The number of allylic oxidation sites excluding steroid dienone is 1. The zero-order chi connectivity index (χ0) is 9.99. The van der Waals surface area contributed by atoms with E-state index in [0.717, 1.165) is 0 Å². The van der Waals surface area contributed by atoms with E-state index in [9.17, 15) is 0 Å². The van der Waals surface area contributed by atoms with E-state index in [0.29, 0.717) is 0 Å². The molecule has 0 atom stereocenters. The fourth-order valence-corrected chi connectivity index (χ4v) is 1.58. The Morgan fingerprint density at radius 1 is 1.00 bits per heavy atom. The molecule has 0 radical (unpaired) electrons. The third-order valence-electron chi connectivity index (χ3n) is 1.81. The van der Waals surface area contributed by atoms with Gasteiger partial charge in [-0.1, -0.05) is 41.5 Å². The van der Waals surface area contributed by atoms with Crippen LogP contribution >= 0.6 is 0 Å². The van der Waals surface area contributed by atoms with Gasteiger partial charge in [0.25, 0.3) is 0 Å². The van der Waals surface area contributed by atoms with Crippen LogP contribution < -0.4 is 0 Å². The van der Waals surface area contributed by atoms with E-state index in [-0.39, 0.29) is 10.8 Å². The quantitative estimate of drug-likeness (QED) is 0.575. The smallest absolute Gasteiger partial charge is 0.0491 e. The maximum Gasteiger partial charge on any atom is 0.0491 e. The topological polar surface area (TPSA) is 36.2 Å². The second-order valence-corrected chi connectivity index (χ2v) is 5.17. The molecule has 12 heavy (non-hydrogen) atoms. The molecule has 0 aliphatic carbocycles. The summed E-state index contributed by atoms with van der Waals surface area (Å²) in [6, 6.07) is 0. The number of hydrogen-bond acceptors (Lipinski definition) is 2. The van der Waals surface area contributed by atoms with Crippen LogP contribution in [0.1, 0.15) is 41.5 Å². The van der Waals surface area contributed by atoms with Crippen molar-refractivity contribution in [2.75, 3.05) is 0 Å². The predicted molar refractivity (Wildman–Crippen MR) is 52.1 cm³/mol. The summed E-state index contributed by atoms with van der Waals surface area (Å²) in [5.74, 6) is 0. The highest BCUT2D eigenvalue weighted by Gasteiger charge is 2.27. The van der Waals surface area contributed by atoms with Crippen LogP contribution in [0.5, 0.6) is 0 Å². The number of nitrogens with one attached hydrogen (secondary N) is 1. The molecular weight excluding hydrogens is 148 g/mol. The van der Waals surface area contributed by atoms with E-state index in [1.165, 1.54) is 5.57 Å². The Morgan fingerprint density at radius 2 is 1.33 bits per heavy atom. The minimum Gasteiger partial charge on any atom is -0.205 e. The summed E-state index contributed by atoms with van der Waals surface area (Å²) in [4.78, 5) is 0. The Balaban J connectivity index is 4.95. The Morgan fingerprint density at radius 3 is 1.42 bits per heavy atom. The van der Waals surface area contributed by atoms with Gasteiger partial charge in [0.2, 0.25) is 0 Å². The van der Waals surface area contributed by atoms with E-state index < -0.39 is 0 Å². The van der Waals surface area contributed by atoms with Crippen molar-refractivity contribution in [1.82, 2.24) is 0 Å². The zero-order valence-electron chi connectivity index (χ0n) is 9.02. The first-order valence-electron chi connectivity index (χ1n) is 4.27. The van der Waals surface area contributed by atoms with E-state index >= 15 is 0 Å². The molecule has 0 aliphatic heterocycles. The second kappa shape index (κ2) is 3.38. The first-order chi connectivity index (χ1) is 5.19. The molecule has 0 unspecified atom stereocenters. The Bertz CT molecular complexity index is 173. The van der Waals surface area contributed by atoms with Gasteiger partial charge in [-0.15, -0.1) is 0 Å². The van der Waals surface area contributed by atoms with Crippen molar-refractivity contribution in [2.24, 2.45) is 15.9 Å². The third-order valence-corrected chi connectivity index (χ3v) is 1.81. The first kappa shape index (κ1) is 11.3. The van der Waals surface area contributed by atoms with Gasteiger partial charge in [-0.2, -0.15) is 5.11 Å². The molecule has 0 aromatic rings. The van der Waals surface area contributed by atoms with E-state index in [2.05, 4.69) is 46.7 Å². The summed E-state index contributed by atoms with van der Waals surface area (Å²) in [6.07, 6.45) is 1.67. The van der Waals surface area contributed by atoms with Gasteiger partial charge in [-0.05, 0) is 16.4 Å². The lowest BCUT2D eigenvalue weighted by atomic mass is 9.72. The highest BCUT2D eigenvalue weighted by Crippen LogP contribution is 2.38. The molecule has 2 nitrogen and oxygen atoms in total. The van der Waals surface area contributed by atoms with Gasteiger partial charge in [0.05, 0.1) is 0 Å². The highest BCUT2D eigenvalue weighted by molar-refractivity contribution is 5.17. The third kappa shape index (κ3) is 3.16. The Hall–Kier alpha value is -0.660. The fraction of sp³-hybridized carbons (Fsp3) is 0.800. The van der Waals surface area contributed by atoms with Crippen molar-refractivity contribution in [2.45, 2.75) is 41.5 Å². The molecule has 2 heteroatoms. The minimum atomic E-state index is 0.1000. The Labute approximate surface area is 75.6 Å². The van der Waals surface area contributed by atoms with Crippen LogP contribution in [0.2, 0.25) is 0 Å². The van der Waals surface area contributed by atoms with Gasteiger partial charge in [0.1, 0.15) is 0 Å². The Kier molecular flexibility index (Phi) is 3.19. The molecule has 0 saturated heterocycles. The van der Waals surface area contributed by atoms with Gasteiger partial charge in [-0.25, -0.2) is 5.53 Å². The van der Waals surface area contributed by atoms with Crippen LogP contribution in [0, 0.1) is 16.4 Å². The lowest BCUT2D eigenvalue weighted by molar-refractivity contribution is 0.360. The molecule has 0 saturated carbocycles. The molecule has 0 fully saturated rings. The molecule has 0 spiro atoms. The van der Waals surface area contributed by atoms with Crippen molar-refractivity contribution in [3.8, 4) is 0 Å². The molecule has 1 N–H and O–H groups in total. The van der Waals surface area contributed by atoms with Crippen LogP contribution in [0.15, 0.2) is 16.9 Å². The second-order valence-electron chi connectivity index (χ2n) is 5.17. The van der Waals surface area contributed by atoms with E-state index in [1.54, 1.807) is 6.20 Å². The van der Waals surface area contributed by atoms with Crippen molar-refractivity contribution >= 4 is 0 Å². The lowest BCUT2D eigenvalue weighted by Crippen LogP contribution is -2.22. The average Bonchev–Trinajstić information content (AvgIpc) is 1.77. The van der Waals surface area contributed by atoms with Gasteiger partial charge >= 0.3 is 0 Å². The predicted octanol–water partition coefficient (Wildman–Crippen LogP) is 3.99. The van der Waals surface area contributed by atoms with Crippen LogP contribution in [0.4, 0.5) is 0 Å². The van der Waals surface area contributed by atoms with E-state index in [4.69, 9.17) is 5.53 Å². The maximum atomic E-state index is 6.84. The number of nitrogens with zero attached hydrogens (tertiary/aromatic N) is 1. The monoisotopic (exact) mass is 168 g/mol. The molecule has 0 aliphatic rings. The molecule has 0 amide bonds. The van der Waals surface area contributed by atoms with Crippen molar-refractivity contribution in [3.63, 3.8) is 0 Å². The summed E-state index contributed by atoms with van der Waals surface area (Å²) in [6.45, 7) is 12.9. The summed E-state index contributed by atoms with van der Waals surface area (Å²) in [5, 5.41) is 3.36. The molecule has 0 aromatic carbocycles. The molecule has 0 rings (SSSR count). The molecule has 0 aromatic heterocycles. The van der Waals surface area contributed by atoms with Crippen LogP contribution in [-0.2, 0) is 0 Å². The van der Waals surface area contributed by atoms with Gasteiger partial charge in [-0.3, -0.25) is 0 Å². The van der Waals surface area contributed by atoms with Crippen molar-refractivity contribution < 1.29 is 0 Å². The fourth-order valence-electron chi connectivity index (χ4n) is 1.58. The summed E-state index contributed by atoms with van der Waals surface area (Å²) in [7, 11) is 0. The first-order valence-corrected chi connectivity index (χ1v) is 4.27. The molecule has 0 heterocycles. The van der Waals surface area contributed by atoms with Crippen LogP contribution in [0.25, 0.3) is 0 Å². The highest BCUT2D eigenvalue weighted by atomic mass is 14.9. The largest absolute Gasteiger partial charge is 0.205 e. The standard InChI is InChI=1S/C10H20N2/c1-9(2,3)8(7-12-11)10(4,5)6/h7,11H,1-6H3. The maximum absolute atomic E-state index is 6.84. The minimum absolute atomic E-state index is 0.1000. The van der Waals surface area contributed by atoms with Crippen molar-refractivity contribution in [3.05, 3.63) is 11.8 Å². The summed E-state index contributed by atoms with van der Waals surface area (Å²) < 4.78 is 0. The number of rotatable bonds is 1. The molecular formula is C10H20N2. The normalized spacial score (nSPS) is 12.5. The van der Waals surface area contributed by atoms with E-state index in [1.807, 2.05) is 0 Å². The SMILES string of the molecule is CC(C)(C)C(=CN=N)C(C)(C)C. The average molecular weight is 168 g/mol. The van der Waals surface area contributed by atoms with Crippen molar-refractivity contribution in [1.29, 1.82) is 5.53 Å². The summed E-state index contributed by atoms with van der Waals surface area (Å²) in [5.41, 5.74) is 8.25. The van der Waals surface area contributed by atoms with Crippen LogP contribution in [0.3, 0.4) is 0 Å². The molecule has 70 valence electrons. The van der Waals surface area contributed by atoms with Gasteiger partial charge in [0, 0.05) is 6.20 Å².